The van der Waals surface area contributed by atoms with Crippen molar-refractivity contribution in [3.63, 3.8) is 0 Å². The molecular weight excluding hydrogens is 202 g/mol. The molecule has 0 aliphatic carbocycles. The maximum atomic E-state index is 12.0. The molecule has 1 N–H and O–H groups in total. The number of rotatable bonds is 3. The first-order valence-electron chi connectivity index (χ1n) is 6.18. The van der Waals surface area contributed by atoms with Crippen molar-refractivity contribution in [2.45, 2.75) is 34.1 Å². The molecule has 0 aromatic rings. The van der Waals surface area contributed by atoms with Gasteiger partial charge in [0.2, 0.25) is 5.91 Å². The number of carbonyl (C=O) groups excluding carboxylic acids is 1. The van der Waals surface area contributed by atoms with E-state index in [4.69, 9.17) is 0 Å². The van der Waals surface area contributed by atoms with Crippen molar-refractivity contribution < 1.29 is 4.79 Å². The van der Waals surface area contributed by atoms with Gasteiger partial charge < -0.3 is 4.90 Å². The van der Waals surface area contributed by atoms with Gasteiger partial charge in [-0.25, -0.2) is 5.01 Å². The van der Waals surface area contributed by atoms with E-state index >= 15 is 0 Å². The molecule has 0 bridgehead atoms. The lowest BCUT2D eigenvalue weighted by atomic mass is 9.91. The van der Waals surface area contributed by atoms with E-state index in [9.17, 15) is 4.79 Å². The second-order valence-corrected chi connectivity index (χ2v) is 5.62. The summed E-state index contributed by atoms with van der Waals surface area (Å²) in [4.78, 5) is 14.0. The largest absolute Gasteiger partial charge is 0.340 e. The van der Waals surface area contributed by atoms with Crippen LogP contribution < -0.4 is 5.43 Å². The topological polar surface area (TPSA) is 35.6 Å². The molecule has 0 saturated carbocycles. The fourth-order valence-electron chi connectivity index (χ4n) is 1.90. The summed E-state index contributed by atoms with van der Waals surface area (Å²) in [5, 5.41) is 2.20. The minimum absolute atomic E-state index is 0.0931. The van der Waals surface area contributed by atoms with Crippen LogP contribution in [0.5, 0.6) is 0 Å². The first-order valence-corrected chi connectivity index (χ1v) is 6.18. The van der Waals surface area contributed by atoms with Crippen molar-refractivity contribution in [1.82, 2.24) is 15.3 Å². The van der Waals surface area contributed by atoms with E-state index in [2.05, 4.69) is 38.1 Å². The summed E-state index contributed by atoms with van der Waals surface area (Å²) in [6, 6.07) is 0. The monoisotopic (exact) mass is 227 g/mol. The molecule has 0 aromatic heterocycles. The van der Waals surface area contributed by atoms with E-state index in [-0.39, 0.29) is 5.41 Å². The fraction of sp³-hybridized carbons (Fsp3) is 0.917. The number of nitrogens with one attached hydrogen (secondary N) is 1. The summed E-state index contributed by atoms with van der Waals surface area (Å²) >= 11 is 0. The Bertz CT molecular complexity index is 227. The number of amides is 1. The second-order valence-electron chi connectivity index (χ2n) is 5.62. The van der Waals surface area contributed by atoms with Gasteiger partial charge in [0.25, 0.3) is 0 Å². The van der Waals surface area contributed by atoms with Gasteiger partial charge in [-0.2, -0.15) is 0 Å². The normalized spacial score (nSPS) is 18.9. The molecule has 4 heteroatoms. The Kier molecular flexibility index (Phi) is 4.74. The molecule has 0 atom stereocenters. The van der Waals surface area contributed by atoms with Gasteiger partial charge in [0, 0.05) is 39.1 Å². The first kappa shape index (κ1) is 13.5. The maximum Gasteiger partial charge on any atom is 0.223 e. The highest BCUT2D eigenvalue weighted by Gasteiger charge is 2.24. The van der Waals surface area contributed by atoms with Crippen LogP contribution in [0.2, 0.25) is 0 Å². The molecule has 1 fully saturated rings. The lowest BCUT2D eigenvalue weighted by Gasteiger charge is -2.35. The minimum atomic E-state index is 0.0931. The number of hydrogen-bond acceptors (Lipinski definition) is 3. The van der Waals surface area contributed by atoms with E-state index < -0.39 is 0 Å². The zero-order valence-electron chi connectivity index (χ0n) is 11.0. The molecule has 0 unspecified atom stereocenters. The summed E-state index contributed by atoms with van der Waals surface area (Å²) in [7, 11) is 0. The van der Waals surface area contributed by atoms with Gasteiger partial charge in [0.1, 0.15) is 0 Å². The molecule has 1 heterocycles. The lowest BCUT2D eigenvalue weighted by molar-refractivity contribution is -0.135. The van der Waals surface area contributed by atoms with Crippen LogP contribution in [0.15, 0.2) is 0 Å². The highest BCUT2D eigenvalue weighted by atomic mass is 16.2. The smallest absolute Gasteiger partial charge is 0.223 e. The first-order chi connectivity index (χ1) is 7.42. The number of nitrogens with zero attached hydrogens (tertiary/aromatic N) is 2. The zero-order valence-corrected chi connectivity index (χ0v) is 11.0. The summed E-state index contributed by atoms with van der Waals surface area (Å²) in [5.74, 6) is 0.295. The standard InChI is InChI=1S/C12H25N3O/c1-5-13-15-8-6-14(7-9-15)11(16)10-12(2,3)4/h13H,5-10H2,1-4H3. The molecule has 16 heavy (non-hydrogen) atoms. The predicted molar refractivity (Wildman–Crippen MR) is 65.9 cm³/mol. The Hall–Kier alpha value is -0.610. The van der Waals surface area contributed by atoms with Gasteiger partial charge >= 0.3 is 0 Å². The van der Waals surface area contributed by atoms with Crippen molar-refractivity contribution in [1.29, 1.82) is 0 Å². The van der Waals surface area contributed by atoms with Crippen LogP contribution >= 0.6 is 0 Å². The number of carbonyl (C=O) groups is 1. The minimum Gasteiger partial charge on any atom is -0.340 e. The average Bonchev–Trinajstić information content (AvgIpc) is 2.16. The summed E-state index contributed by atoms with van der Waals surface area (Å²) in [6.07, 6.45) is 0.647. The molecule has 94 valence electrons. The molecule has 1 aliphatic rings. The molecular formula is C12H25N3O. The van der Waals surface area contributed by atoms with E-state index in [1.54, 1.807) is 0 Å². The SMILES string of the molecule is CCNN1CCN(C(=O)CC(C)(C)C)CC1. The third-order valence-corrected chi connectivity index (χ3v) is 2.70. The van der Waals surface area contributed by atoms with Crippen LogP contribution in [0.25, 0.3) is 0 Å². The van der Waals surface area contributed by atoms with Crippen molar-refractivity contribution in [2.24, 2.45) is 5.41 Å². The molecule has 1 amide bonds. The Balaban J connectivity index is 2.33. The predicted octanol–water partition coefficient (Wildman–Crippen LogP) is 1.09. The summed E-state index contributed by atoms with van der Waals surface area (Å²) < 4.78 is 0. The fourth-order valence-corrected chi connectivity index (χ4v) is 1.90. The van der Waals surface area contributed by atoms with Gasteiger partial charge in [-0.15, -0.1) is 0 Å². The Morgan fingerprint density at radius 2 is 1.75 bits per heavy atom. The lowest BCUT2D eigenvalue weighted by Crippen LogP contribution is -2.53. The van der Waals surface area contributed by atoms with Gasteiger partial charge in [-0.05, 0) is 5.41 Å². The van der Waals surface area contributed by atoms with E-state index in [0.717, 1.165) is 32.7 Å². The van der Waals surface area contributed by atoms with Gasteiger partial charge in [-0.1, -0.05) is 27.7 Å². The molecule has 0 spiro atoms. The van der Waals surface area contributed by atoms with Crippen LogP contribution in [0.1, 0.15) is 34.1 Å². The number of hydrogen-bond donors (Lipinski definition) is 1. The van der Waals surface area contributed by atoms with E-state index in [1.807, 2.05) is 4.90 Å². The van der Waals surface area contributed by atoms with Crippen LogP contribution in [-0.4, -0.2) is 48.5 Å². The van der Waals surface area contributed by atoms with Crippen LogP contribution in [0, 0.1) is 5.41 Å². The van der Waals surface area contributed by atoms with Crippen molar-refractivity contribution >= 4 is 5.91 Å². The zero-order chi connectivity index (χ0) is 12.2. The van der Waals surface area contributed by atoms with Crippen molar-refractivity contribution in [3.05, 3.63) is 0 Å². The second kappa shape index (κ2) is 5.64. The van der Waals surface area contributed by atoms with Gasteiger partial charge in [0.05, 0.1) is 0 Å². The molecule has 1 saturated heterocycles. The molecule has 0 aromatic carbocycles. The van der Waals surface area contributed by atoms with Crippen molar-refractivity contribution in [2.75, 3.05) is 32.7 Å². The van der Waals surface area contributed by atoms with Gasteiger partial charge in [-0.3, -0.25) is 10.2 Å². The molecule has 1 rings (SSSR count). The summed E-state index contributed by atoms with van der Waals surface area (Å²) in [6.45, 7) is 12.9. The number of hydrazine groups is 1. The third-order valence-electron chi connectivity index (χ3n) is 2.70. The highest BCUT2D eigenvalue weighted by Crippen LogP contribution is 2.20. The molecule has 1 aliphatic heterocycles. The Labute approximate surface area is 98.9 Å². The summed E-state index contributed by atoms with van der Waals surface area (Å²) in [5.41, 5.74) is 3.38. The quantitative estimate of drug-likeness (QED) is 0.784. The Morgan fingerprint density at radius 1 is 1.19 bits per heavy atom. The highest BCUT2D eigenvalue weighted by molar-refractivity contribution is 5.76. The van der Waals surface area contributed by atoms with Gasteiger partial charge in [0.15, 0.2) is 0 Å². The molecule has 4 nitrogen and oxygen atoms in total. The van der Waals surface area contributed by atoms with E-state index in [1.165, 1.54) is 0 Å². The third kappa shape index (κ3) is 4.49. The van der Waals surface area contributed by atoms with Crippen LogP contribution in [0.4, 0.5) is 0 Å². The average molecular weight is 227 g/mol. The van der Waals surface area contributed by atoms with Crippen molar-refractivity contribution in [3.8, 4) is 0 Å². The maximum absolute atomic E-state index is 12.0. The van der Waals surface area contributed by atoms with Crippen LogP contribution in [-0.2, 0) is 4.79 Å². The van der Waals surface area contributed by atoms with E-state index in [0.29, 0.717) is 12.3 Å². The Morgan fingerprint density at radius 3 is 2.19 bits per heavy atom. The van der Waals surface area contributed by atoms with Crippen LogP contribution in [0.3, 0.4) is 0 Å². The number of piperazine rings is 1. The molecule has 0 radical (unpaired) electrons.